The lowest BCUT2D eigenvalue weighted by atomic mass is 9.81. The molecule has 0 radical (unpaired) electrons. The van der Waals surface area contributed by atoms with Gasteiger partial charge in [-0.2, -0.15) is 0 Å². The Morgan fingerprint density at radius 2 is 2.00 bits per heavy atom. The second-order valence-corrected chi connectivity index (χ2v) is 6.59. The normalized spacial score (nSPS) is 23.1. The highest BCUT2D eigenvalue weighted by atomic mass is 16.2. The molecule has 1 fully saturated rings. The van der Waals surface area contributed by atoms with Crippen LogP contribution in [0.4, 0.5) is 0 Å². The molecule has 0 saturated carbocycles. The number of nitrogens with one attached hydrogen (secondary N) is 1. The first-order valence-electron chi connectivity index (χ1n) is 8.02. The van der Waals surface area contributed by atoms with Crippen molar-refractivity contribution in [2.45, 2.75) is 45.1 Å². The summed E-state index contributed by atoms with van der Waals surface area (Å²) in [6.45, 7) is 8.02. The molecular formula is C18H28N2O. The van der Waals surface area contributed by atoms with E-state index in [2.05, 4.69) is 29.3 Å². The first-order valence-corrected chi connectivity index (χ1v) is 8.02. The predicted molar refractivity (Wildman–Crippen MR) is 87.3 cm³/mol. The Hall–Kier alpha value is -1.35. The fraction of sp³-hybridized carbons (Fsp3) is 0.611. The molecule has 2 unspecified atom stereocenters. The molecule has 0 spiro atoms. The summed E-state index contributed by atoms with van der Waals surface area (Å²) < 4.78 is 0. The highest BCUT2D eigenvalue weighted by molar-refractivity contribution is 5.87. The van der Waals surface area contributed by atoms with Gasteiger partial charge in [0.05, 0.1) is 5.41 Å². The van der Waals surface area contributed by atoms with Crippen molar-refractivity contribution >= 4 is 5.91 Å². The van der Waals surface area contributed by atoms with Gasteiger partial charge in [0.1, 0.15) is 0 Å². The molecule has 21 heavy (non-hydrogen) atoms. The molecule has 1 amide bonds. The molecule has 1 aliphatic rings. The van der Waals surface area contributed by atoms with Crippen LogP contribution in [0.3, 0.4) is 0 Å². The average Bonchev–Trinajstić information content (AvgIpc) is 2.54. The molecule has 0 aliphatic carbocycles. The Morgan fingerprint density at radius 1 is 1.33 bits per heavy atom. The molecule has 2 atom stereocenters. The van der Waals surface area contributed by atoms with Gasteiger partial charge in [-0.25, -0.2) is 0 Å². The number of hydrogen-bond donors (Lipinski definition) is 1. The van der Waals surface area contributed by atoms with E-state index in [-0.39, 0.29) is 5.91 Å². The Bertz CT molecular complexity index is 469. The van der Waals surface area contributed by atoms with Gasteiger partial charge in [-0.15, -0.1) is 0 Å². The van der Waals surface area contributed by atoms with Crippen LogP contribution in [0.15, 0.2) is 30.3 Å². The molecule has 1 saturated heterocycles. The lowest BCUT2D eigenvalue weighted by Crippen LogP contribution is -2.53. The maximum atomic E-state index is 13.0. The molecule has 0 aromatic heterocycles. The Balaban J connectivity index is 2.13. The van der Waals surface area contributed by atoms with Crippen molar-refractivity contribution in [1.82, 2.24) is 10.2 Å². The van der Waals surface area contributed by atoms with Crippen molar-refractivity contribution in [3.05, 3.63) is 35.9 Å². The van der Waals surface area contributed by atoms with Crippen LogP contribution in [0.2, 0.25) is 0 Å². The lowest BCUT2D eigenvalue weighted by molar-refractivity contribution is -0.138. The van der Waals surface area contributed by atoms with E-state index in [1.165, 1.54) is 0 Å². The van der Waals surface area contributed by atoms with E-state index >= 15 is 0 Å². The smallest absolute Gasteiger partial charge is 0.232 e. The minimum absolute atomic E-state index is 0.252. The fourth-order valence-corrected chi connectivity index (χ4v) is 3.38. The fourth-order valence-electron chi connectivity index (χ4n) is 3.38. The number of benzene rings is 1. The summed E-state index contributed by atoms with van der Waals surface area (Å²) in [5.41, 5.74) is 0.644. The van der Waals surface area contributed by atoms with Crippen molar-refractivity contribution in [3.63, 3.8) is 0 Å². The second-order valence-electron chi connectivity index (χ2n) is 6.59. The highest BCUT2D eigenvalue weighted by Crippen LogP contribution is 2.29. The third-order valence-electron chi connectivity index (χ3n) is 4.95. The highest BCUT2D eigenvalue weighted by Gasteiger charge is 2.37. The van der Waals surface area contributed by atoms with Crippen LogP contribution in [0.5, 0.6) is 0 Å². The molecule has 116 valence electrons. The van der Waals surface area contributed by atoms with E-state index in [1.54, 1.807) is 0 Å². The molecule has 1 aromatic carbocycles. The molecule has 1 aliphatic heterocycles. The maximum absolute atomic E-state index is 13.0. The van der Waals surface area contributed by atoms with E-state index in [0.717, 1.165) is 31.5 Å². The molecule has 1 aromatic rings. The van der Waals surface area contributed by atoms with Gasteiger partial charge >= 0.3 is 0 Å². The summed E-state index contributed by atoms with van der Waals surface area (Å²) in [5.74, 6) is 0.806. The van der Waals surface area contributed by atoms with Crippen LogP contribution in [0.25, 0.3) is 0 Å². The topological polar surface area (TPSA) is 32.3 Å². The van der Waals surface area contributed by atoms with Gasteiger partial charge < -0.3 is 10.2 Å². The van der Waals surface area contributed by atoms with E-state index in [4.69, 9.17) is 0 Å². The largest absolute Gasteiger partial charge is 0.342 e. The Morgan fingerprint density at radius 3 is 2.57 bits per heavy atom. The van der Waals surface area contributed by atoms with Gasteiger partial charge in [0.25, 0.3) is 0 Å². The Labute approximate surface area is 128 Å². The van der Waals surface area contributed by atoms with Crippen molar-refractivity contribution < 1.29 is 4.79 Å². The number of nitrogens with zero attached hydrogens (tertiary/aromatic N) is 1. The molecule has 3 heteroatoms. The average molecular weight is 288 g/mol. The van der Waals surface area contributed by atoms with Gasteiger partial charge in [-0.3, -0.25) is 4.79 Å². The van der Waals surface area contributed by atoms with Gasteiger partial charge in [-0.05, 0) is 38.8 Å². The quantitative estimate of drug-likeness (QED) is 0.924. The van der Waals surface area contributed by atoms with Gasteiger partial charge in [-0.1, -0.05) is 43.7 Å². The van der Waals surface area contributed by atoms with Gasteiger partial charge in [0.15, 0.2) is 0 Å². The SMILES string of the molecule is CCC1CN(C(=O)C(C)(C)c2ccccc2)CCC1NC. The third kappa shape index (κ3) is 3.29. The zero-order valence-electron chi connectivity index (χ0n) is 13.7. The summed E-state index contributed by atoms with van der Waals surface area (Å²) in [7, 11) is 2.03. The zero-order valence-corrected chi connectivity index (χ0v) is 13.7. The number of rotatable bonds is 4. The summed E-state index contributed by atoms with van der Waals surface area (Å²) in [6, 6.07) is 10.7. The summed E-state index contributed by atoms with van der Waals surface area (Å²) in [6.07, 6.45) is 2.16. The Kier molecular flexibility index (Phi) is 5.04. The minimum atomic E-state index is -0.452. The van der Waals surface area contributed by atoms with E-state index in [9.17, 15) is 4.79 Å². The van der Waals surface area contributed by atoms with E-state index in [0.29, 0.717) is 12.0 Å². The van der Waals surface area contributed by atoms with Crippen LogP contribution in [0.1, 0.15) is 39.2 Å². The summed E-state index contributed by atoms with van der Waals surface area (Å²) in [4.78, 5) is 15.0. The number of amides is 1. The zero-order chi connectivity index (χ0) is 15.5. The molecule has 3 nitrogen and oxygen atoms in total. The molecular weight excluding hydrogens is 260 g/mol. The first kappa shape index (κ1) is 16.0. The number of hydrogen-bond acceptors (Lipinski definition) is 2. The monoisotopic (exact) mass is 288 g/mol. The first-order chi connectivity index (χ1) is 10.0. The second kappa shape index (κ2) is 6.61. The van der Waals surface area contributed by atoms with E-state index < -0.39 is 5.41 Å². The van der Waals surface area contributed by atoms with Gasteiger partial charge in [0.2, 0.25) is 5.91 Å². The minimum Gasteiger partial charge on any atom is -0.342 e. The van der Waals surface area contributed by atoms with Crippen LogP contribution in [-0.2, 0) is 10.2 Å². The third-order valence-corrected chi connectivity index (χ3v) is 4.95. The van der Waals surface area contributed by atoms with Gasteiger partial charge in [0, 0.05) is 19.1 Å². The number of piperidine rings is 1. The standard InChI is InChI=1S/C18H28N2O/c1-5-14-13-20(12-11-16(14)19-4)17(21)18(2,3)15-9-7-6-8-10-15/h6-10,14,16,19H,5,11-13H2,1-4H3. The molecule has 1 heterocycles. The van der Waals surface area contributed by atoms with Crippen molar-refractivity contribution in [2.24, 2.45) is 5.92 Å². The maximum Gasteiger partial charge on any atom is 0.232 e. The number of carbonyl (C=O) groups excluding carboxylic acids is 1. The van der Waals surface area contributed by atoms with Crippen LogP contribution < -0.4 is 5.32 Å². The predicted octanol–water partition coefficient (Wildman–Crippen LogP) is 2.81. The lowest BCUT2D eigenvalue weighted by Gasteiger charge is -2.41. The van der Waals surface area contributed by atoms with Crippen LogP contribution >= 0.6 is 0 Å². The summed E-state index contributed by atoms with van der Waals surface area (Å²) in [5, 5.41) is 3.40. The number of carbonyl (C=O) groups is 1. The number of likely N-dealkylation sites (tertiary alicyclic amines) is 1. The van der Waals surface area contributed by atoms with Crippen LogP contribution in [-0.4, -0.2) is 37.0 Å². The molecule has 2 rings (SSSR count). The summed E-state index contributed by atoms with van der Waals surface area (Å²) >= 11 is 0. The van der Waals surface area contributed by atoms with E-state index in [1.807, 2.05) is 39.1 Å². The van der Waals surface area contributed by atoms with Crippen molar-refractivity contribution in [1.29, 1.82) is 0 Å². The van der Waals surface area contributed by atoms with Crippen molar-refractivity contribution in [2.75, 3.05) is 20.1 Å². The van der Waals surface area contributed by atoms with Crippen LogP contribution in [0, 0.1) is 5.92 Å². The molecule has 0 bridgehead atoms. The molecule has 1 N–H and O–H groups in total. The van der Waals surface area contributed by atoms with Crippen molar-refractivity contribution in [3.8, 4) is 0 Å².